The molecule has 0 fully saturated rings. The van der Waals surface area contributed by atoms with Gasteiger partial charge in [0, 0.05) is 35.2 Å². The Morgan fingerprint density at radius 1 is 1.11 bits per heavy atom. The summed E-state index contributed by atoms with van der Waals surface area (Å²) in [6.45, 7) is 5.80. The van der Waals surface area contributed by atoms with Gasteiger partial charge in [0.1, 0.15) is 0 Å². The molecular weight excluding hydrogens is 360 g/mol. The molecule has 0 aliphatic carbocycles. The number of nitrogens with one attached hydrogen (secondary N) is 1. The third kappa shape index (κ3) is 5.27. The van der Waals surface area contributed by atoms with E-state index in [1.54, 1.807) is 30.6 Å². The molecule has 27 heavy (non-hydrogen) atoms. The number of benzene rings is 1. The maximum absolute atomic E-state index is 12.5. The molecule has 2 heterocycles. The third-order valence-electron chi connectivity index (χ3n) is 3.55. The van der Waals surface area contributed by atoms with Gasteiger partial charge in [-0.15, -0.1) is 0 Å². The van der Waals surface area contributed by atoms with Crippen LogP contribution in [0.2, 0.25) is 0 Å². The number of pyridine rings is 1. The summed E-state index contributed by atoms with van der Waals surface area (Å²) < 4.78 is 5.49. The highest BCUT2D eigenvalue weighted by atomic mass is 32.2. The van der Waals surface area contributed by atoms with E-state index in [4.69, 9.17) is 4.74 Å². The molecular formula is C20H20N4O2S. The zero-order valence-electron chi connectivity index (χ0n) is 15.3. The van der Waals surface area contributed by atoms with Gasteiger partial charge in [0.2, 0.25) is 5.88 Å². The minimum Gasteiger partial charge on any atom is -0.475 e. The molecule has 0 radical (unpaired) electrons. The normalized spacial score (nSPS) is 10.7. The second-order valence-electron chi connectivity index (χ2n) is 6.12. The van der Waals surface area contributed by atoms with Gasteiger partial charge in [-0.2, -0.15) is 0 Å². The summed E-state index contributed by atoms with van der Waals surface area (Å²) in [7, 11) is 0. The molecule has 0 aliphatic heterocycles. The Labute approximate surface area is 162 Å². The molecule has 6 nitrogen and oxygen atoms in total. The summed E-state index contributed by atoms with van der Waals surface area (Å²) in [5, 5.41) is 3.60. The lowest BCUT2D eigenvalue weighted by atomic mass is 10.2. The van der Waals surface area contributed by atoms with E-state index in [9.17, 15) is 4.79 Å². The van der Waals surface area contributed by atoms with Crippen LogP contribution in [0.4, 0.5) is 5.69 Å². The highest BCUT2D eigenvalue weighted by Gasteiger charge is 2.10. The highest BCUT2D eigenvalue weighted by molar-refractivity contribution is 7.99. The topological polar surface area (TPSA) is 77.0 Å². The lowest BCUT2D eigenvalue weighted by Crippen LogP contribution is -2.13. The number of hydrogen-bond donors (Lipinski definition) is 1. The number of nitrogens with zero attached hydrogens (tertiary/aromatic N) is 3. The van der Waals surface area contributed by atoms with Crippen molar-refractivity contribution in [1.29, 1.82) is 0 Å². The van der Waals surface area contributed by atoms with Crippen LogP contribution in [0.15, 0.2) is 65.0 Å². The van der Waals surface area contributed by atoms with Crippen LogP contribution in [-0.2, 0) is 0 Å². The Kier molecular flexibility index (Phi) is 6.03. The zero-order valence-corrected chi connectivity index (χ0v) is 16.2. The number of ether oxygens (including phenoxy) is 1. The first-order valence-electron chi connectivity index (χ1n) is 8.51. The molecule has 1 amide bonds. The Balaban J connectivity index is 1.67. The molecule has 0 saturated heterocycles. The van der Waals surface area contributed by atoms with Crippen LogP contribution in [0.1, 0.15) is 29.8 Å². The van der Waals surface area contributed by atoms with Crippen molar-refractivity contribution in [2.24, 2.45) is 0 Å². The van der Waals surface area contributed by atoms with Gasteiger partial charge in [-0.25, -0.2) is 15.0 Å². The van der Waals surface area contributed by atoms with Crippen molar-refractivity contribution in [3.05, 3.63) is 66.1 Å². The number of aryl methyl sites for hydroxylation is 1. The molecule has 0 bridgehead atoms. The van der Waals surface area contributed by atoms with Gasteiger partial charge in [0.15, 0.2) is 5.16 Å². The van der Waals surface area contributed by atoms with Crippen molar-refractivity contribution in [3.8, 4) is 5.88 Å². The van der Waals surface area contributed by atoms with Gasteiger partial charge in [0.05, 0.1) is 11.7 Å². The predicted octanol–water partition coefficient (Wildman–Crippen LogP) is 4.37. The summed E-state index contributed by atoms with van der Waals surface area (Å²) in [4.78, 5) is 26.0. The molecule has 0 aliphatic rings. The summed E-state index contributed by atoms with van der Waals surface area (Å²) in [6, 6.07) is 11.0. The summed E-state index contributed by atoms with van der Waals surface area (Å²) in [6.07, 6.45) is 4.97. The van der Waals surface area contributed by atoms with Crippen LogP contribution >= 0.6 is 11.8 Å². The molecule has 3 aromatic rings. The van der Waals surface area contributed by atoms with Crippen LogP contribution < -0.4 is 10.1 Å². The fourth-order valence-corrected chi connectivity index (χ4v) is 3.11. The van der Waals surface area contributed by atoms with E-state index >= 15 is 0 Å². The maximum Gasteiger partial charge on any atom is 0.257 e. The molecule has 0 atom stereocenters. The molecule has 0 saturated carbocycles. The van der Waals surface area contributed by atoms with Crippen LogP contribution in [-0.4, -0.2) is 27.0 Å². The number of carbonyl (C=O) groups excluding carboxylic acids is 1. The van der Waals surface area contributed by atoms with Gasteiger partial charge in [-0.05, 0) is 68.4 Å². The zero-order chi connectivity index (χ0) is 19.2. The Hall–Kier alpha value is -2.93. The number of aromatic nitrogens is 3. The van der Waals surface area contributed by atoms with Crippen molar-refractivity contribution < 1.29 is 9.53 Å². The standard InChI is InChI=1S/C20H20N4O2S/c1-13(2)26-18-8-5-15(12-23-18)19(25)24-17-7-6-16(11-14(17)3)27-20-21-9-4-10-22-20/h4-13H,1-3H3,(H,24,25). The van der Waals surface area contributed by atoms with E-state index < -0.39 is 0 Å². The number of carbonyl (C=O) groups is 1. The number of hydrogen-bond acceptors (Lipinski definition) is 6. The Morgan fingerprint density at radius 2 is 1.89 bits per heavy atom. The molecule has 0 unspecified atom stereocenters. The second-order valence-corrected chi connectivity index (χ2v) is 7.16. The molecule has 0 spiro atoms. The third-order valence-corrected chi connectivity index (χ3v) is 4.44. The first-order chi connectivity index (χ1) is 13.0. The molecule has 2 aromatic heterocycles. The molecule has 1 N–H and O–H groups in total. The van der Waals surface area contributed by atoms with E-state index in [1.807, 2.05) is 39.0 Å². The first-order valence-corrected chi connectivity index (χ1v) is 9.32. The fraction of sp³-hybridized carbons (Fsp3) is 0.200. The van der Waals surface area contributed by atoms with E-state index in [-0.39, 0.29) is 12.0 Å². The lowest BCUT2D eigenvalue weighted by Gasteiger charge is -2.11. The molecule has 138 valence electrons. The minimum absolute atomic E-state index is 0.0393. The number of amides is 1. The van der Waals surface area contributed by atoms with Crippen LogP contribution in [0.25, 0.3) is 0 Å². The lowest BCUT2D eigenvalue weighted by molar-refractivity contribution is 0.102. The summed E-state index contributed by atoms with van der Waals surface area (Å²) in [5.41, 5.74) is 2.18. The van der Waals surface area contributed by atoms with Crippen LogP contribution in [0, 0.1) is 6.92 Å². The quantitative estimate of drug-likeness (QED) is 0.640. The van der Waals surface area contributed by atoms with Crippen LogP contribution in [0.5, 0.6) is 5.88 Å². The fourth-order valence-electron chi connectivity index (χ4n) is 2.30. The van der Waals surface area contributed by atoms with Gasteiger partial charge in [0.25, 0.3) is 5.91 Å². The van der Waals surface area contributed by atoms with Gasteiger partial charge in [-0.1, -0.05) is 0 Å². The summed E-state index contributed by atoms with van der Waals surface area (Å²) >= 11 is 1.47. The monoisotopic (exact) mass is 380 g/mol. The smallest absolute Gasteiger partial charge is 0.257 e. The van der Waals surface area contributed by atoms with E-state index in [1.165, 1.54) is 18.0 Å². The first kappa shape index (κ1) is 18.8. The molecule has 1 aromatic carbocycles. The minimum atomic E-state index is -0.214. The van der Waals surface area contributed by atoms with Crippen molar-refractivity contribution in [3.63, 3.8) is 0 Å². The SMILES string of the molecule is Cc1cc(Sc2ncccn2)ccc1NC(=O)c1ccc(OC(C)C)nc1. The van der Waals surface area contributed by atoms with E-state index in [2.05, 4.69) is 20.3 Å². The van der Waals surface area contributed by atoms with E-state index in [0.29, 0.717) is 16.6 Å². The Bertz CT molecular complexity index is 915. The largest absolute Gasteiger partial charge is 0.475 e. The molecule has 3 rings (SSSR count). The van der Waals surface area contributed by atoms with Crippen molar-refractivity contribution in [1.82, 2.24) is 15.0 Å². The summed E-state index contributed by atoms with van der Waals surface area (Å²) in [5.74, 6) is 0.288. The number of rotatable bonds is 6. The highest BCUT2D eigenvalue weighted by Crippen LogP contribution is 2.28. The van der Waals surface area contributed by atoms with Crippen molar-refractivity contribution in [2.75, 3.05) is 5.32 Å². The van der Waals surface area contributed by atoms with Crippen molar-refractivity contribution in [2.45, 2.75) is 36.9 Å². The maximum atomic E-state index is 12.5. The van der Waals surface area contributed by atoms with Gasteiger partial charge >= 0.3 is 0 Å². The van der Waals surface area contributed by atoms with Gasteiger partial charge < -0.3 is 10.1 Å². The second kappa shape index (κ2) is 8.64. The number of anilines is 1. The van der Waals surface area contributed by atoms with E-state index in [0.717, 1.165) is 16.1 Å². The Morgan fingerprint density at radius 3 is 2.52 bits per heavy atom. The van der Waals surface area contributed by atoms with Crippen molar-refractivity contribution >= 4 is 23.4 Å². The molecule has 7 heteroatoms. The predicted molar refractivity (Wildman–Crippen MR) is 105 cm³/mol. The van der Waals surface area contributed by atoms with Gasteiger partial charge in [-0.3, -0.25) is 4.79 Å². The average molecular weight is 380 g/mol. The van der Waals surface area contributed by atoms with Crippen LogP contribution in [0.3, 0.4) is 0 Å². The average Bonchev–Trinajstić information content (AvgIpc) is 2.65.